The second kappa shape index (κ2) is 5.81. The highest BCUT2D eigenvalue weighted by Gasteiger charge is 2.07. The summed E-state index contributed by atoms with van der Waals surface area (Å²) in [7, 11) is 3.96. The SMILES string of the molecule is CN(C)c1ccc(NC(=O)Nc2c[nH]c3ccccc23)cc1. The summed E-state index contributed by atoms with van der Waals surface area (Å²) < 4.78 is 0. The molecule has 0 saturated carbocycles. The van der Waals surface area contributed by atoms with Crippen molar-refractivity contribution in [2.24, 2.45) is 0 Å². The van der Waals surface area contributed by atoms with Crippen LogP contribution in [-0.4, -0.2) is 25.1 Å². The molecule has 0 aliphatic heterocycles. The van der Waals surface area contributed by atoms with Crippen LogP contribution in [0.5, 0.6) is 0 Å². The van der Waals surface area contributed by atoms with Crippen LogP contribution in [0.4, 0.5) is 21.9 Å². The van der Waals surface area contributed by atoms with E-state index in [0.29, 0.717) is 0 Å². The molecule has 0 radical (unpaired) electrons. The molecule has 0 aliphatic carbocycles. The van der Waals surface area contributed by atoms with Crippen LogP contribution in [0.1, 0.15) is 0 Å². The van der Waals surface area contributed by atoms with Crippen molar-refractivity contribution in [2.75, 3.05) is 29.6 Å². The summed E-state index contributed by atoms with van der Waals surface area (Å²) in [5, 5.41) is 6.67. The minimum atomic E-state index is -0.262. The first-order valence-corrected chi connectivity index (χ1v) is 7.05. The second-order valence-electron chi connectivity index (χ2n) is 5.27. The summed E-state index contributed by atoms with van der Waals surface area (Å²) >= 11 is 0. The van der Waals surface area contributed by atoms with E-state index in [2.05, 4.69) is 15.6 Å². The highest BCUT2D eigenvalue weighted by atomic mass is 16.2. The Morgan fingerprint density at radius 2 is 1.73 bits per heavy atom. The van der Waals surface area contributed by atoms with E-state index in [1.54, 1.807) is 6.20 Å². The number of benzene rings is 2. The Kier molecular flexibility index (Phi) is 3.70. The van der Waals surface area contributed by atoms with Crippen molar-refractivity contribution in [1.29, 1.82) is 0 Å². The highest BCUT2D eigenvalue weighted by Crippen LogP contribution is 2.23. The van der Waals surface area contributed by atoms with Gasteiger partial charge in [-0.25, -0.2) is 4.79 Å². The van der Waals surface area contributed by atoms with Gasteiger partial charge in [0.1, 0.15) is 0 Å². The molecule has 0 spiro atoms. The predicted molar refractivity (Wildman–Crippen MR) is 91.7 cm³/mol. The summed E-state index contributed by atoms with van der Waals surface area (Å²) in [4.78, 5) is 17.2. The Hall–Kier alpha value is -2.95. The van der Waals surface area contributed by atoms with Gasteiger partial charge in [-0.3, -0.25) is 0 Å². The molecular weight excluding hydrogens is 276 g/mol. The maximum absolute atomic E-state index is 12.1. The van der Waals surface area contributed by atoms with Crippen LogP contribution in [0.15, 0.2) is 54.7 Å². The van der Waals surface area contributed by atoms with Crippen molar-refractivity contribution in [3.05, 3.63) is 54.7 Å². The molecule has 3 aromatic rings. The van der Waals surface area contributed by atoms with Gasteiger partial charge in [-0.15, -0.1) is 0 Å². The number of rotatable bonds is 3. The van der Waals surface area contributed by atoms with Gasteiger partial charge in [0.15, 0.2) is 0 Å². The molecular formula is C17H18N4O. The molecule has 0 fully saturated rings. The summed E-state index contributed by atoms with van der Waals surface area (Å²) in [5.41, 5.74) is 3.59. The van der Waals surface area contributed by atoms with E-state index in [1.165, 1.54) is 0 Å². The number of carbonyl (C=O) groups excluding carboxylic acids is 1. The van der Waals surface area contributed by atoms with E-state index in [9.17, 15) is 4.79 Å². The van der Waals surface area contributed by atoms with Gasteiger partial charge in [-0.2, -0.15) is 0 Å². The molecule has 0 aliphatic rings. The second-order valence-corrected chi connectivity index (χ2v) is 5.27. The van der Waals surface area contributed by atoms with E-state index < -0.39 is 0 Å². The molecule has 0 unspecified atom stereocenters. The predicted octanol–water partition coefficient (Wildman–Crippen LogP) is 3.88. The lowest BCUT2D eigenvalue weighted by Crippen LogP contribution is -2.19. The number of anilines is 3. The van der Waals surface area contributed by atoms with Gasteiger partial charge in [-0.1, -0.05) is 18.2 Å². The van der Waals surface area contributed by atoms with Gasteiger partial charge in [0, 0.05) is 42.6 Å². The smallest absolute Gasteiger partial charge is 0.323 e. The lowest BCUT2D eigenvalue weighted by atomic mass is 10.2. The van der Waals surface area contributed by atoms with Crippen molar-refractivity contribution >= 4 is 34.0 Å². The van der Waals surface area contributed by atoms with Crippen molar-refractivity contribution in [3.8, 4) is 0 Å². The maximum Gasteiger partial charge on any atom is 0.323 e. The van der Waals surface area contributed by atoms with Crippen LogP contribution in [0.3, 0.4) is 0 Å². The van der Waals surface area contributed by atoms with Gasteiger partial charge >= 0.3 is 6.03 Å². The third kappa shape index (κ3) is 2.88. The molecule has 22 heavy (non-hydrogen) atoms. The summed E-state index contributed by atoms with van der Waals surface area (Å²) in [6.45, 7) is 0. The largest absolute Gasteiger partial charge is 0.378 e. The minimum absolute atomic E-state index is 0.262. The molecule has 2 aromatic carbocycles. The van der Waals surface area contributed by atoms with Crippen molar-refractivity contribution in [3.63, 3.8) is 0 Å². The quantitative estimate of drug-likeness (QED) is 0.686. The fraction of sp³-hybridized carbons (Fsp3) is 0.118. The number of H-pyrrole nitrogens is 1. The normalized spacial score (nSPS) is 10.5. The number of aromatic amines is 1. The topological polar surface area (TPSA) is 60.2 Å². The van der Waals surface area contributed by atoms with Gasteiger partial charge in [0.05, 0.1) is 5.69 Å². The molecule has 0 saturated heterocycles. The molecule has 3 rings (SSSR count). The maximum atomic E-state index is 12.1. The van der Waals surface area contributed by atoms with Gasteiger partial charge in [0.25, 0.3) is 0 Å². The number of aromatic nitrogens is 1. The lowest BCUT2D eigenvalue weighted by molar-refractivity contribution is 0.262. The number of carbonyl (C=O) groups is 1. The van der Waals surface area contributed by atoms with Crippen molar-refractivity contribution in [1.82, 2.24) is 4.98 Å². The molecule has 0 atom stereocenters. The fourth-order valence-electron chi connectivity index (χ4n) is 2.30. The monoisotopic (exact) mass is 294 g/mol. The van der Waals surface area contributed by atoms with E-state index in [1.807, 2.05) is 67.5 Å². The van der Waals surface area contributed by atoms with E-state index >= 15 is 0 Å². The van der Waals surface area contributed by atoms with Crippen LogP contribution >= 0.6 is 0 Å². The standard InChI is InChI=1S/C17H18N4O/c1-21(2)13-9-7-12(8-10-13)19-17(22)20-16-11-18-15-6-4-3-5-14(15)16/h3-11,18H,1-2H3,(H2,19,20,22). The third-order valence-corrected chi connectivity index (χ3v) is 3.48. The summed E-state index contributed by atoms with van der Waals surface area (Å²) in [6.07, 6.45) is 1.79. The number of nitrogens with zero attached hydrogens (tertiary/aromatic N) is 1. The zero-order valence-corrected chi connectivity index (χ0v) is 12.6. The van der Waals surface area contributed by atoms with Crippen molar-refractivity contribution in [2.45, 2.75) is 0 Å². The average Bonchev–Trinajstić information content (AvgIpc) is 2.91. The molecule has 1 heterocycles. The first-order chi connectivity index (χ1) is 10.6. The number of hydrogen-bond donors (Lipinski definition) is 3. The van der Waals surface area contributed by atoms with Crippen LogP contribution < -0.4 is 15.5 Å². The van der Waals surface area contributed by atoms with Crippen molar-refractivity contribution < 1.29 is 4.79 Å². The molecule has 0 bridgehead atoms. The number of hydrogen-bond acceptors (Lipinski definition) is 2. The molecule has 5 nitrogen and oxygen atoms in total. The first-order valence-electron chi connectivity index (χ1n) is 7.05. The van der Waals surface area contributed by atoms with Gasteiger partial charge in [0.2, 0.25) is 0 Å². The number of amides is 2. The Morgan fingerprint density at radius 1 is 1.00 bits per heavy atom. The lowest BCUT2D eigenvalue weighted by Gasteiger charge is -2.13. The van der Waals surface area contributed by atoms with Crippen LogP contribution in [0.2, 0.25) is 0 Å². The van der Waals surface area contributed by atoms with E-state index in [4.69, 9.17) is 0 Å². The van der Waals surface area contributed by atoms with Gasteiger partial charge in [-0.05, 0) is 30.3 Å². The van der Waals surface area contributed by atoms with Gasteiger partial charge < -0.3 is 20.5 Å². The average molecular weight is 294 g/mol. The van der Waals surface area contributed by atoms with Crippen LogP contribution in [-0.2, 0) is 0 Å². The summed E-state index contributed by atoms with van der Waals surface area (Å²) in [5.74, 6) is 0. The molecule has 1 aromatic heterocycles. The Bertz CT molecular complexity index is 790. The fourth-order valence-corrected chi connectivity index (χ4v) is 2.30. The molecule has 3 N–H and O–H groups in total. The highest BCUT2D eigenvalue weighted by molar-refractivity contribution is 6.05. The Morgan fingerprint density at radius 3 is 2.45 bits per heavy atom. The Balaban J connectivity index is 1.69. The molecule has 2 amide bonds. The zero-order valence-electron chi connectivity index (χ0n) is 12.6. The number of para-hydroxylation sites is 1. The van der Waals surface area contributed by atoms with Crippen LogP contribution in [0, 0.1) is 0 Å². The summed E-state index contributed by atoms with van der Waals surface area (Å²) in [6, 6.07) is 15.2. The molecule has 112 valence electrons. The molecule has 5 heteroatoms. The number of nitrogens with one attached hydrogen (secondary N) is 3. The van der Waals surface area contributed by atoms with Crippen LogP contribution in [0.25, 0.3) is 10.9 Å². The minimum Gasteiger partial charge on any atom is -0.378 e. The number of fused-ring (bicyclic) bond motifs is 1. The van der Waals surface area contributed by atoms with E-state index in [-0.39, 0.29) is 6.03 Å². The first kappa shape index (κ1) is 14.0. The zero-order chi connectivity index (χ0) is 15.5. The Labute approximate surface area is 128 Å². The van der Waals surface area contributed by atoms with E-state index in [0.717, 1.165) is 28.0 Å². The number of urea groups is 1. The third-order valence-electron chi connectivity index (χ3n) is 3.48.